The van der Waals surface area contributed by atoms with E-state index in [1.54, 1.807) is 25.1 Å². The lowest BCUT2D eigenvalue weighted by Gasteiger charge is -2.34. The van der Waals surface area contributed by atoms with Crippen molar-refractivity contribution in [3.05, 3.63) is 47.4 Å². The molecule has 0 N–H and O–H groups in total. The minimum absolute atomic E-state index is 0.0483. The molecule has 3 heterocycles. The number of piperazine rings is 1. The number of aromatic nitrogens is 2. The molecule has 1 fully saturated rings. The molecular formula is C20H21FN4O2. The molecule has 1 aliphatic rings. The zero-order valence-corrected chi connectivity index (χ0v) is 15.4. The van der Waals surface area contributed by atoms with Gasteiger partial charge in [0.15, 0.2) is 0 Å². The van der Waals surface area contributed by atoms with Gasteiger partial charge in [0.1, 0.15) is 5.82 Å². The molecule has 27 heavy (non-hydrogen) atoms. The number of fused-ring (bicyclic) bond motifs is 1. The molecule has 0 saturated carbocycles. The maximum atomic E-state index is 13.3. The standard InChI is InChI=1S/C20H21FN4O2/c1-3-24-8-10-25(11-9-24)20(26)16-12-17(14-4-6-15(21)7-5-14)22-19-18(16)13(2)23-27-19/h4-7,12H,3,8-11H2,1-2H3. The maximum absolute atomic E-state index is 13.3. The van der Waals surface area contributed by atoms with E-state index in [0.29, 0.717) is 41.1 Å². The Hall–Kier alpha value is -2.80. The lowest BCUT2D eigenvalue weighted by Crippen LogP contribution is -2.48. The highest BCUT2D eigenvalue weighted by Gasteiger charge is 2.26. The van der Waals surface area contributed by atoms with E-state index in [1.165, 1.54) is 12.1 Å². The van der Waals surface area contributed by atoms with Crippen molar-refractivity contribution in [3.8, 4) is 11.3 Å². The van der Waals surface area contributed by atoms with Crippen LogP contribution in [0.3, 0.4) is 0 Å². The summed E-state index contributed by atoms with van der Waals surface area (Å²) in [6, 6.07) is 7.78. The summed E-state index contributed by atoms with van der Waals surface area (Å²) in [5.41, 5.74) is 2.78. The van der Waals surface area contributed by atoms with Gasteiger partial charge in [-0.1, -0.05) is 12.1 Å². The van der Waals surface area contributed by atoms with Crippen LogP contribution in [0.4, 0.5) is 4.39 Å². The number of nitrogens with zero attached hydrogens (tertiary/aromatic N) is 4. The average molecular weight is 368 g/mol. The van der Waals surface area contributed by atoms with Gasteiger partial charge in [-0.15, -0.1) is 0 Å². The lowest BCUT2D eigenvalue weighted by molar-refractivity contribution is 0.0645. The minimum Gasteiger partial charge on any atom is -0.336 e. The number of carbonyl (C=O) groups is 1. The number of rotatable bonds is 3. The second kappa shape index (κ2) is 7.08. The Morgan fingerprint density at radius 1 is 1.19 bits per heavy atom. The lowest BCUT2D eigenvalue weighted by atomic mass is 10.0. The molecule has 0 unspecified atom stereocenters. The summed E-state index contributed by atoms with van der Waals surface area (Å²) in [7, 11) is 0. The fourth-order valence-electron chi connectivity index (χ4n) is 3.47. The van der Waals surface area contributed by atoms with Gasteiger partial charge in [-0.25, -0.2) is 9.37 Å². The molecule has 6 nitrogen and oxygen atoms in total. The van der Waals surface area contributed by atoms with E-state index in [2.05, 4.69) is 22.0 Å². The highest BCUT2D eigenvalue weighted by Crippen LogP contribution is 2.28. The topological polar surface area (TPSA) is 62.5 Å². The molecule has 0 radical (unpaired) electrons. The average Bonchev–Trinajstić information content (AvgIpc) is 3.08. The number of hydrogen-bond donors (Lipinski definition) is 0. The zero-order chi connectivity index (χ0) is 19.0. The maximum Gasteiger partial charge on any atom is 0.259 e. The smallest absolute Gasteiger partial charge is 0.259 e. The molecule has 1 aliphatic heterocycles. The van der Waals surface area contributed by atoms with Gasteiger partial charge in [-0.2, -0.15) is 0 Å². The van der Waals surface area contributed by atoms with Gasteiger partial charge >= 0.3 is 0 Å². The van der Waals surface area contributed by atoms with Crippen LogP contribution >= 0.6 is 0 Å². The van der Waals surface area contributed by atoms with Gasteiger partial charge in [-0.05, 0) is 43.8 Å². The Morgan fingerprint density at radius 3 is 2.56 bits per heavy atom. The molecule has 1 aromatic carbocycles. The first kappa shape index (κ1) is 17.6. The Kier molecular flexibility index (Phi) is 4.61. The van der Waals surface area contributed by atoms with Crippen molar-refractivity contribution in [2.45, 2.75) is 13.8 Å². The van der Waals surface area contributed by atoms with Gasteiger partial charge in [0.25, 0.3) is 11.6 Å². The van der Waals surface area contributed by atoms with Crippen LogP contribution in [0.5, 0.6) is 0 Å². The van der Waals surface area contributed by atoms with Crippen molar-refractivity contribution < 1.29 is 13.7 Å². The normalized spacial score (nSPS) is 15.4. The monoisotopic (exact) mass is 368 g/mol. The summed E-state index contributed by atoms with van der Waals surface area (Å²) in [6.45, 7) is 8.02. The van der Waals surface area contributed by atoms with Gasteiger partial charge < -0.3 is 14.3 Å². The van der Waals surface area contributed by atoms with Crippen LogP contribution in [0.1, 0.15) is 23.0 Å². The summed E-state index contributed by atoms with van der Waals surface area (Å²) >= 11 is 0. The molecule has 0 atom stereocenters. The van der Waals surface area contributed by atoms with Crippen LogP contribution in [0, 0.1) is 12.7 Å². The van der Waals surface area contributed by atoms with E-state index in [-0.39, 0.29) is 11.7 Å². The SMILES string of the molecule is CCN1CCN(C(=O)c2cc(-c3ccc(F)cc3)nc3onc(C)c23)CC1. The third kappa shape index (κ3) is 3.30. The first-order chi connectivity index (χ1) is 13.1. The predicted molar refractivity (Wildman–Crippen MR) is 100.0 cm³/mol. The molecule has 4 rings (SSSR count). The number of halogens is 1. The van der Waals surface area contributed by atoms with Crippen LogP contribution in [0.2, 0.25) is 0 Å². The Bertz CT molecular complexity index is 976. The van der Waals surface area contributed by atoms with Gasteiger partial charge in [0.2, 0.25) is 0 Å². The second-order valence-electron chi connectivity index (χ2n) is 6.74. The van der Waals surface area contributed by atoms with E-state index in [0.717, 1.165) is 25.2 Å². The van der Waals surface area contributed by atoms with Gasteiger partial charge in [-0.3, -0.25) is 4.79 Å². The summed E-state index contributed by atoms with van der Waals surface area (Å²) in [4.78, 5) is 21.9. The fraction of sp³-hybridized carbons (Fsp3) is 0.350. The van der Waals surface area contributed by atoms with E-state index in [4.69, 9.17) is 4.52 Å². The van der Waals surface area contributed by atoms with Crippen molar-refractivity contribution in [2.24, 2.45) is 0 Å². The van der Waals surface area contributed by atoms with E-state index in [9.17, 15) is 9.18 Å². The zero-order valence-electron chi connectivity index (χ0n) is 15.4. The Morgan fingerprint density at radius 2 is 1.89 bits per heavy atom. The Balaban J connectivity index is 1.75. The molecule has 2 aromatic heterocycles. The molecule has 1 amide bonds. The van der Waals surface area contributed by atoms with Crippen LogP contribution in [-0.4, -0.2) is 58.6 Å². The number of pyridine rings is 1. The van der Waals surface area contributed by atoms with Gasteiger partial charge in [0.05, 0.1) is 22.3 Å². The molecule has 0 aliphatic carbocycles. The van der Waals surface area contributed by atoms with Crippen molar-refractivity contribution >= 4 is 17.0 Å². The number of amides is 1. The Labute approximate surface area is 156 Å². The summed E-state index contributed by atoms with van der Waals surface area (Å²) < 4.78 is 18.6. The summed E-state index contributed by atoms with van der Waals surface area (Å²) in [5, 5.41) is 4.62. The fourth-order valence-corrected chi connectivity index (χ4v) is 3.47. The van der Waals surface area contributed by atoms with E-state index in [1.807, 2.05) is 4.90 Å². The number of hydrogen-bond acceptors (Lipinski definition) is 5. The molecule has 7 heteroatoms. The van der Waals surface area contributed by atoms with Crippen molar-refractivity contribution in [3.63, 3.8) is 0 Å². The minimum atomic E-state index is -0.319. The van der Waals surface area contributed by atoms with Gasteiger partial charge in [0, 0.05) is 31.7 Å². The summed E-state index contributed by atoms with van der Waals surface area (Å²) in [6.07, 6.45) is 0. The highest BCUT2D eigenvalue weighted by molar-refractivity contribution is 6.07. The predicted octanol–water partition coefficient (Wildman–Crippen LogP) is 3.12. The summed E-state index contributed by atoms with van der Waals surface area (Å²) in [5.74, 6) is -0.367. The van der Waals surface area contributed by atoms with Crippen molar-refractivity contribution in [1.82, 2.24) is 19.9 Å². The quantitative estimate of drug-likeness (QED) is 0.711. The second-order valence-corrected chi connectivity index (χ2v) is 6.74. The first-order valence-electron chi connectivity index (χ1n) is 9.11. The number of likely N-dealkylation sites (N-methyl/N-ethyl adjacent to an activating group) is 1. The molecule has 140 valence electrons. The number of aryl methyl sites for hydroxylation is 1. The molecular weight excluding hydrogens is 347 g/mol. The van der Waals surface area contributed by atoms with Crippen LogP contribution in [0.25, 0.3) is 22.4 Å². The first-order valence-corrected chi connectivity index (χ1v) is 9.11. The van der Waals surface area contributed by atoms with Crippen molar-refractivity contribution in [2.75, 3.05) is 32.7 Å². The number of carbonyl (C=O) groups excluding carboxylic acids is 1. The molecule has 0 spiro atoms. The molecule has 1 saturated heterocycles. The third-order valence-corrected chi connectivity index (χ3v) is 5.09. The van der Waals surface area contributed by atoms with E-state index >= 15 is 0 Å². The van der Waals surface area contributed by atoms with Crippen LogP contribution < -0.4 is 0 Å². The third-order valence-electron chi connectivity index (χ3n) is 5.09. The highest BCUT2D eigenvalue weighted by atomic mass is 19.1. The number of benzene rings is 1. The largest absolute Gasteiger partial charge is 0.336 e. The van der Waals surface area contributed by atoms with Crippen LogP contribution in [0.15, 0.2) is 34.9 Å². The van der Waals surface area contributed by atoms with E-state index < -0.39 is 0 Å². The van der Waals surface area contributed by atoms with Crippen LogP contribution in [-0.2, 0) is 0 Å². The molecule has 3 aromatic rings. The molecule has 0 bridgehead atoms. The van der Waals surface area contributed by atoms with Crippen molar-refractivity contribution in [1.29, 1.82) is 0 Å².